The van der Waals surface area contributed by atoms with Crippen molar-refractivity contribution < 1.29 is 4.74 Å². The number of hydrogen-bond donors (Lipinski definition) is 1. The maximum absolute atomic E-state index is 5.76. The van der Waals surface area contributed by atoms with Gasteiger partial charge in [0.2, 0.25) is 0 Å². The minimum Gasteiger partial charge on any atom is -0.378 e. The van der Waals surface area contributed by atoms with Gasteiger partial charge in [0.15, 0.2) is 0 Å². The van der Waals surface area contributed by atoms with Gasteiger partial charge in [-0.05, 0) is 49.1 Å². The summed E-state index contributed by atoms with van der Waals surface area (Å²) in [6, 6.07) is 9.33. The van der Waals surface area contributed by atoms with Crippen molar-refractivity contribution in [3.63, 3.8) is 0 Å². The van der Waals surface area contributed by atoms with Gasteiger partial charge in [-0.2, -0.15) is 0 Å². The molecule has 1 N–H and O–H groups in total. The van der Waals surface area contributed by atoms with Crippen LogP contribution in [-0.2, 0) is 4.74 Å². The Labute approximate surface area is 130 Å². The minimum atomic E-state index is 0.488. The third-order valence-corrected chi connectivity index (χ3v) is 5.62. The lowest BCUT2D eigenvalue weighted by Crippen LogP contribution is -2.43. The number of rotatable bonds is 5. The molecular weight excluding hydrogens is 314 g/mol. The highest BCUT2D eigenvalue weighted by Gasteiger charge is 2.33. The van der Waals surface area contributed by atoms with Crippen molar-refractivity contribution in [2.45, 2.75) is 50.7 Å². The van der Waals surface area contributed by atoms with Crippen LogP contribution in [0.4, 0.5) is 0 Å². The van der Waals surface area contributed by atoms with E-state index < -0.39 is 0 Å². The minimum absolute atomic E-state index is 0.488. The van der Waals surface area contributed by atoms with E-state index >= 15 is 0 Å². The Balaban J connectivity index is 1.44. The van der Waals surface area contributed by atoms with Crippen molar-refractivity contribution in [3.05, 3.63) is 34.3 Å². The van der Waals surface area contributed by atoms with Crippen molar-refractivity contribution in [2.24, 2.45) is 5.92 Å². The highest BCUT2D eigenvalue weighted by molar-refractivity contribution is 9.10. The number of nitrogens with one attached hydrogen (secondary N) is 1. The molecule has 110 valence electrons. The van der Waals surface area contributed by atoms with Crippen LogP contribution in [0.3, 0.4) is 0 Å². The first-order valence-corrected chi connectivity index (χ1v) is 8.66. The number of benzene rings is 1. The number of ether oxygens (including phenoxy) is 1. The predicted octanol–water partition coefficient (Wildman–Crippen LogP) is 4.10. The average molecular weight is 338 g/mol. The molecule has 1 aliphatic carbocycles. The van der Waals surface area contributed by atoms with E-state index in [0.29, 0.717) is 12.1 Å². The second-order valence-electron chi connectivity index (χ2n) is 6.16. The van der Waals surface area contributed by atoms with Crippen LogP contribution in [-0.4, -0.2) is 25.3 Å². The molecule has 2 atom stereocenters. The molecule has 1 aromatic carbocycles. The summed E-state index contributed by atoms with van der Waals surface area (Å²) in [7, 11) is 0. The van der Waals surface area contributed by atoms with Crippen LogP contribution in [0.1, 0.15) is 44.1 Å². The second kappa shape index (κ2) is 6.59. The molecule has 2 aliphatic rings. The molecule has 1 saturated heterocycles. The van der Waals surface area contributed by atoms with Crippen LogP contribution >= 0.6 is 15.9 Å². The lowest BCUT2D eigenvalue weighted by molar-refractivity contribution is 0.0853. The first kappa shape index (κ1) is 14.6. The second-order valence-corrected chi connectivity index (χ2v) is 7.02. The van der Waals surface area contributed by atoms with E-state index in [1.54, 1.807) is 0 Å². The lowest BCUT2D eigenvalue weighted by Gasteiger charge is -2.37. The summed E-state index contributed by atoms with van der Waals surface area (Å²) < 4.78 is 7.02. The molecule has 1 aliphatic heterocycles. The van der Waals surface area contributed by atoms with E-state index in [-0.39, 0.29) is 0 Å². The van der Waals surface area contributed by atoms with Gasteiger partial charge in [0.05, 0.1) is 6.10 Å². The van der Waals surface area contributed by atoms with Gasteiger partial charge < -0.3 is 10.1 Å². The van der Waals surface area contributed by atoms with Crippen molar-refractivity contribution in [2.75, 3.05) is 13.2 Å². The van der Waals surface area contributed by atoms with Gasteiger partial charge in [0, 0.05) is 23.7 Å². The zero-order valence-corrected chi connectivity index (χ0v) is 13.7. The fourth-order valence-electron chi connectivity index (χ4n) is 3.54. The van der Waals surface area contributed by atoms with E-state index in [2.05, 4.69) is 52.4 Å². The molecule has 1 heterocycles. The molecular formula is C17H24BrNO. The molecule has 1 saturated carbocycles. The summed E-state index contributed by atoms with van der Waals surface area (Å²) in [5, 5.41) is 3.75. The molecule has 20 heavy (non-hydrogen) atoms. The van der Waals surface area contributed by atoms with Crippen molar-refractivity contribution in [1.82, 2.24) is 5.32 Å². The monoisotopic (exact) mass is 337 g/mol. The number of hydrogen-bond acceptors (Lipinski definition) is 2. The SMILES string of the molecule is CCC1OCCC1CNC1CC(c2ccccc2Br)C1. The molecule has 3 heteroatoms. The topological polar surface area (TPSA) is 21.3 Å². The van der Waals surface area contributed by atoms with E-state index in [1.165, 1.54) is 29.3 Å². The molecule has 2 unspecified atom stereocenters. The summed E-state index contributed by atoms with van der Waals surface area (Å²) in [6.45, 7) is 4.32. The van der Waals surface area contributed by atoms with Gasteiger partial charge in [-0.15, -0.1) is 0 Å². The van der Waals surface area contributed by atoms with E-state index in [4.69, 9.17) is 4.74 Å². The summed E-state index contributed by atoms with van der Waals surface area (Å²) in [6.07, 6.45) is 5.41. The van der Waals surface area contributed by atoms with Crippen molar-refractivity contribution in [3.8, 4) is 0 Å². The quantitative estimate of drug-likeness (QED) is 0.873. The molecule has 0 spiro atoms. The zero-order valence-electron chi connectivity index (χ0n) is 12.1. The largest absolute Gasteiger partial charge is 0.378 e. The van der Waals surface area contributed by atoms with Gasteiger partial charge in [-0.25, -0.2) is 0 Å². The van der Waals surface area contributed by atoms with Gasteiger partial charge in [-0.1, -0.05) is 41.1 Å². The van der Waals surface area contributed by atoms with E-state index in [0.717, 1.165) is 31.4 Å². The van der Waals surface area contributed by atoms with Crippen molar-refractivity contribution >= 4 is 15.9 Å². The Hall–Kier alpha value is -0.380. The molecule has 0 bridgehead atoms. The highest BCUT2D eigenvalue weighted by atomic mass is 79.9. The van der Waals surface area contributed by atoms with Crippen LogP contribution in [0.25, 0.3) is 0 Å². The molecule has 0 amide bonds. The van der Waals surface area contributed by atoms with Gasteiger partial charge >= 0.3 is 0 Å². The fraction of sp³-hybridized carbons (Fsp3) is 0.647. The average Bonchev–Trinajstić information content (AvgIpc) is 2.86. The maximum atomic E-state index is 5.76. The summed E-state index contributed by atoms with van der Waals surface area (Å²) in [4.78, 5) is 0. The Bertz CT molecular complexity index is 444. The van der Waals surface area contributed by atoms with Crippen LogP contribution < -0.4 is 5.32 Å². The molecule has 1 aromatic rings. The smallest absolute Gasteiger partial charge is 0.0613 e. The third-order valence-electron chi connectivity index (χ3n) is 4.90. The summed E-state index contributed by atoms with van der Waals surface area (Å²) in [5.41, 5.74) is 1.47. The van der Waals surface area contributed by atoms with Crippen LogP contribution in [0.2, 0.25) is 0 Å². The van der Waals surface area contributed by atoms with Crippen LogP contribution in [0.5, 0.6) is 0 Å². The Morgan fingerprint density at radius 1 is 1.30 bits per heavy atom. The van der Waals surface area contributed by atoms with Gasteiger partial charge in [-0.3, -0.25) is 0 Å². The standard InChI is InChI=1S/C17H24BrNO/c1-2-17-12(7-8-20-17)11-19-14-9-13(10-14)15-5-3-4-6-16(15)18/h3-6,12-14,17,19H,2,7-11H2,1H3. The van der Waals surface area contributed by atoms with E-state index in [9.17, 15) is 0 Å². The van der Waals surface area contributed by atoms with Crippen LogP contribution in [0.15, 0.2) is 28.7 Å². The molecule has 3 rings (SSSR count). The third kappa shape index (κ3) is 3.10. The Morgan fingerprint density at radius 3 is 2.85 bits per heavy atom. The highest BCUT2D eigenvalue weighted by Crippen LogP contribution is 2.40. The molecule has 0 aromatic heterocycles. The first-order valence-electron chi connectivity index (χ1n) is 7.87. The molecule has 2 nitrogen and oxygen atoms in total. The normalized spacial score (nSPS) is 33.1. The number of halogens is 1. The lowest BCUT2D eigenvalue weighted by atomic mass is 9.75. The fourth-order valence-corrected chi connectivity index (χ4v) is 4.15. The van der Waals surface area contributed by atoms with Crippen molar-refractivity contribution in [1.29, 1.82) is 0 Å². The summed E-state index contributed by atoms with van der Waals surface area (Å²) in [5.74, 6) is 1.45. The Kier molecular flexibility index (Phi) is 4.79. The molecule has 2 fully saturated rings. The van der Waals surface area contributed by atoms with Gasteiger partial charge in [0.25, 0.3) is 0 Å². The predicted molar refractivity (Wildman–Crippen MR) is 86.0 cm³/mol. The van der Waals surface area contributed by atoms with Gasteiger partial charge in [0.1, 0.15) is 0 Å². The zero-order chi connectivity index (χ0) is 13.9. The van der Waals surface area contributed by atoms with E-state index in [1.807, 2.05) is 0 Å². The Morgan fingerprint density at radius 2 is 2.10 bits per heavy atom. The maximum Gasteiger partial charge on any atom is 0.0613 e. The summed E-state index contributed by atoms with van der Waals surface area (Å²) >= 11 is 3.66. The molecule has 0 radical (unpaired) electrons. The van der Waals surface area contributed by atoms with Crippen LogP contribution in [0, 0.1) is 5.92 Å². The first-order chi connectivity index (χ1) is 9.78.